The maximum absolute atomic E-state index is 13.8. The molecule has 3 rings (SSSR count). The Balaban J connectivity index is 1.92. The normalized spacial score (nSPS) is 19.9. The van der Waals surface area contributed by atoms with Gasteiger partial charge in [0.1, 0.15) is 11.1 Å². The lowest BCUT2D eigenvalue weighted by Crippen LogP contribution is -2.33. The summed E-state index contributed by atoms with van der Waals surface area (Å²) in [5.41, 5.74) is -0.0509. The van der Waals surface area contributed by atoms with Gasteiger partial charge in [0.2, 0.25) is 11.8 Å². The van der Waals surface area contributed by atoms with Gasteiger partial charge in [-0.2, -0.15) is 5.10 Å². The van der Waals surface area contributed by atoms with Crippen LogP contribution in [0.1, 0.15) is 11.5 Å². The van der Waals surface area contributed by atoms with Crippen molar-refractivity contribution in [2.75, 3.05) is 18.9 Å². The summed E-state index contributed by atoms with van der Waals surface area (Å²) in [6.07, 6.45) is 1.46. The van der Waals surface area contributed by atoms with E-state index in [1.807, 2.05) is 0 Å². The van der Waals surface area contributed by atoms with Crippen molar-refractivity contribution in [2.45, 2.75) is 5.92 Å². The summed E-state index contributed by atoms with van der Waals surface area (Å²) >= 11 is 6.17. The zero-order chi connectivity index (χ0) is 19.2. The fourth-order valence-corrected chi connectivity index (χ4v) is 3.23. The molecule has 0 spiro atoms. The molecule has 2 atom stereocenters. The van der Waals surface area contributed by atoms with Crippen LogP contribution in [0, 0.1) is 23.4 Å². The molecule has 0 unspecified atom stereocenters. The summed E-state index contributed by atoms with van der Waals surface area (Å²) in [6.45, 7) is 0.211. The Labute approximate surface area is 151 Å². The molecule has 0 radical (unpaired) electrons. The molecule has 138 valence electrons. The maximum Gasteiger partial charge on any atom is 0.237 e. The number of benzene rings is 1. The van der Waals surface area contributed by atoms with Gasteiger partial charge in [0.25, 0.3) is 0 Å². The number of likely N-dealkylation sites (N-methyl/N-ethyl adjacent to an activating group) is 1. The van der Waals surface area contributed by atoms with Gasteiger partial charge in [-0.25, -0.2) is 13.2 Å². The number of aromatic nitrogens is 2. The number of aryl methyl sites for hydroxylation is 1. The van der Waals surface area contributed by atoms with E-state index in [2.05, 4.69) is 10.4 Å². The highest BCUT2D eigenvalue weighted by Crippen LogP contribution is 2.37. The number of hydrogen-bond acceptors (Lipinski definition) is 3. The minimum absolute atomic E-state index is 0.211. The number of carbonyl (C=O) groups excluding carboxylic acids is 2. The van der Waals surface area contributed by atoms with E-state index < -0.39 is 46.8 Å². The molecule has 1 aromatic carbocycles. The number of hydrogen-bond donors (Lipinski definition) is 1. The van der Waals surface area contributed by atoms with Crippen molar-refractivity contribution in [1.82, 2.24) is 14.7 Å². The minimum Gasteiger partial charge on any atom is -0.344 e. The van der Waals surface area contributed by atoms with Crippen LogP contribution in [0.4, 0.5) is 18.9 Å². The Morgan fingerprint density at radius 2 is 1.96 bits per heavy atom. The number of likely N-dealkylation sites (tertiary alicyclic amines) is 1. The molecule has 1 fully saturated rings. The van der Waals surface area contributed by atoms with E-state index in [0.29, 0.717) is 11.6 Å². The van der Waals surface area contributed by atoms with Crippen LogP contribution in [0.5, 0.6) is 0 Å². The van der Waals surface area contributed by atoms with Gasteiger partial charge in [0.05, 0.1) is 11.9 Å². The van der Waals surface area contributed by atoms with Crippen molar-refractivity contribution in [3.63, 3.8) is 0 Å². The SMILES string of the molecule is CN1C[C@H](c2cnn(C)c2Cl)[C@@H](C(=O)Nc2ccc(F)c(F)c2F)C1=O. The van der Waals surface area contributed by atoms with Crippen LogP contribution in [0.3, 0.4) is 0 Å². The lowest BCUT2D eigenvalue weighted by Gasteiger charge is -2.16. The van der Waals surface area contributed by atoms with E-state index in [1.54, 1.807) is 7.05 Å². The minimum atomic E-state index is -1.70. The van der Waals surface area contributed by atoms with Crippen molar-refractivity contribution < 1.29 is 22.8 Å². The molecule has 0 bridgehead atoms. The number of rotatable bonds is 3. The van der Waals surface area contributed by atoms with Crippen molar-refractivity contribution in [3.05, 3.63) is 46.5 Å². The topological polar surface area (TPSA) is 67.2 Å². The summed E-state index contributed by atoms with van der Waals surface area (Å²) in [5, 5.41) is 6.43. The Bertz CT molecular complexity index is 902. The van der Waals surface area contributed by atoms with Crippen molar-refractivity contribution in [3.8, 4) is 0 Å². The van der Waals surface area contributed by atoms with Crippen LogP contribution in [0.2, 0.25) is 5.15 Å². The molecule has 6 nitrogen and oxygen atoms in total. The number of carbonyl (C=O) groups is 2. The van der Waals surface area contributed by atoms with Gasteiger partial charge in [-0.15, -0.1) is 0 Å². The van der Waals surface area contributed by atoms with E-state index in [-0.39, 0.29) is 11.7 Å². The van der Waals surface area contributed by atoms with E-state index in [0.717, 1.165) is 6.07 Å². The first-order valence-electron chi connectivity index (χ1n) is 7.59. The van der Waals surface area contributed by atoms with Crippen molar-refractivity contribution in [1.29, 1.82) is 0 Å². The molecule has 0 saturated carbocycles. The first-order chi connectivity index (χ1) is 12.2. The Kier molecular flexibility index (Phi) is 4.66. The van der Waals surface area contributed by atoms with E-state index >= 15 is 0 Å². The van der Waals surface area contributed by atoms with Crippen LogP contribution in [-0.4, -0.2) is 40.1 Å². The molecule has 10 heteroatoms. The third-order valence-electron chi connectivity index (χ3n) is 4.38. The van der Waals surface area contributed by atoms with Crippen molar-refractivity contribution in [2.24, 2.45) is 13.0 Å². The van der Waals surface area contributed by atoms with Crippen LogP contribution in [-0.2, 0) is 16.6 Å². The summed E-state index contributed by atoms with van der Waals surface area (Å²) in [4.78, 5) is 26.4. The van der Waals surface area contributed by atoms with Gasteiger partial charge in [0.15, 0.2) is 17.5 Å². The zero-order valence-corrected chi connectivity index (χ0v) is 14.5. The third kappa shape index (κ3) is 2.92. The van der Waals surface area contributed by atoms with Gasteiger partial charge in [0, 0.05) is 32.1 Å². The molecule has 1 aromatic heterocycles. The van der Waals surface area contributed by atoms with E-state index in [9.17, 15) is 22.8 Å². The lowest BCUT2D eigenvalue weighted by molar-refractivity contribution is -0.135. The zero-order valence-electron chi connectivity index (χ0n) is 13.8. The molecule has 1 aliphatic rings. The molecular weight excluding hydrogens is 373 g/mol. The first-order valence-corrected chi connectivity index (χ1v) is 7.97. The Morgan fingerprint density at radius 3 is 2.58 bits per heavy atom. The summed E-state index contributed by atoms with van der Waals surface area (Å²) in [7, 11) is 3.13. The van der Waals surface area contributed by atoms with Gasteiger partial charge in [-0.3, -0.25) is 14.3 Å². The number of amides is 2. The lowest BCUT2D eigenvalue weighted by atomic mass is 9.89. The smallest absolute Gasteiger partial charge is 0.237 e. The van der Waals surface area contributed by atoms with Crippen LogP contribution >= 0.6 is 11.6 Å². The van der Waals surface area contributed by atoms with Crippen LogP contribution < -0.4 is 5.32 Å². The first kappa shape index (κ1) is 18.2. The standard InChI is InChI=1S/C16H14ClF3N4O2/c1-23-6-8(7-5-21-24(2)14(7)17)11(16(23)26)15(25)22-10-4-3-9(18)12(19)13(10)20/h3-5,8,11H,6H2,1-2H3,(H,22,25)/t8-,11+/m1/s1. The maximum atomic E-state index is 13.8. The Morgan fingerprint density at radius 1 is 1.27 bits per heavy atom. The van der Waals surface area contributed by atoms with Crippen molar-refractivity contribution >= 4 is 29.1 Å². The highest BCUT2D eigenvalue weighted by Gasteiger charge is 2.45. The molecule has 1 N–H and O–H groups in total. The summed E-state index contributed by atoms with van der Waals surface area (Å²) in [5.74, 6) is -7.75. The van der Waals surface area contributed by atoms with Gasteiger partial charge >= 0.3 is 0 Å². The average molecular weight is 387 g/mol. The highest BCUT2D eigenvalue weighted by molar-refractivity contribution is 6.30. The molecule has 2 amide bonds. The van der Waals surface area contributed by atoms with Gasteiger partial charge in [-0.1, -0.05) is 11.6 Å². The van der Waals surface area contributed by atoms with Gasteiger partial charge in [-0.05, 0) is 12.1 Å². The summed E-state index contributed by atoms with van der Waals surface area (Å²) in [6, 6.07) is 1.58. The fraction of sp³-hybridized carbons (Fsp3) is 0.312. The molecule has 0 aliphatic carbocycles. The molecule has 2 aromatic rings. The van der Waals surface area contributed by atoms with E-state index in [1.165, 1.54) is 22.8 Å². The third-order valence-corrected chi connectivity index (χ3v) is 4.85. The second-order valence-corrected chi connectivity index (χ2v) is 6.39. The number of anilines is 1. The predicted octanol–water partition coefficient (Wildman–Crippen LogP) is 2.30. The predicted molar refractivity (Wildman–Crippen MR) is 87.0 cm³/mol. The van der Waals surface area contributed by atoms with Crippen LogP contribution in [0.25, 0.3) is 0 Å². The van der Waals surface area contributed by atoms with E-state index in [4.69, 9.17) is 11.6 Å². The number of nitrogens with one attached hydrogen (secondary N) is 1. The summed E-state index contributed by atoms with van der Waals surface area (Å²) < 4.78 is 41.6. The number of nitrogens with zero attached hydrogens (tertiary/aromatic N) is 3. The highest BCUT2D eigenvalue weighted by atomic mass is 35.5. The second kappa shape index (κ2) is 6.64. The molecule has 1 saturated heterocycles. The van der Waals surface area contributed by atoms with Gasteiger partial charge < -0.3 is 10.2 Å². The molecule has 2 heterocycles. The Hall–Kier alpha value is -2.55. The van der Waals surface area contributed by atoms with Crippen LogP contribution in [0.15, 0.2) is 18.3 Å². The quantitative estimate of drug-likeness (QED) is 0.650. The monoisotopic (exact) mass is 386 g/mol. The molecule has 1 aliphatic heterocycles. The fourth-order valence-electron chi connectivity index (χ4n) is 2.99. The second-order valence-electron chi connectivity index (χ2n) is 6.03. The number of halogens is 4. The average Bonchev–Trinajstić information content (AvgIpc) is 3.08. The molecule has 26 heavy (non-hydrogen) atoms. The molecular formula is C16H14ClF3N4O2. The largest absolute Gasteiger partial charge is 0.344 e.